The van der Waals surface area contributed by atoms with Crippen molar-refractivity contribution in [3.63, 3.8) is 0 Å². The summed E-state index contributed by atoms with van der Waals surface area (Å²) in [6.07, 6.45) is 7.82. The molecule has 5 aromatic rings. The van der Waals surface area contributed by atoms with Crippen LogP contribution in [-0.4, -0.2) is 62.5 Å². The number of pyridine rings is 2. The van der Waals surface area contributed by atoms with E-state index in [-0.39, 0.29) is 5.91 Å². The number of ether oxygens (including phenoxy) is 1. The molecule has 0 spiro atoms. The molecule has 4 aromatic heterocycles. The number of H-pyrrole nitrogens is 1. The Morgan fingerprint density at radius 3 is 2.68 bits per heavy atom. The van der Waals surface area contributed by atoms with Crippen molar-refractivity contribution >= 4 is 34.0 Å². The van der Waals surface area contributed by atoms with E-state index >= 15 is 0 Å². The molecule has 3 N–H and O–H groups in total. The minimum absolute atomic E-state index is 0.321. The Morgan fingerprint density at radius 2 is 1.95 bits per heavy atom. The van der Waals surface area contributed by atoms with Gasteiger partial charge in [0.25, 0.3) is 5.91 Å². The van der Waals surface area contributed by atoms with Crippen LogP contribution in [0.15, 0.2) is 61.1 Å². The van der Waals surface area contributed by atoms with E-state index in [2.05, 4.69) is 37.2 Å². The number of para-hydroxylation sites is 1. The highest BCUT2D eigenvalue weighted by molar-refractivity contribution is 6.01. The van der Waals surface area contributed by atoms with E-state index in [0.717, 1.165) is 70.9 Å². The summed E-state index contributed by atoms with van der Waals surface area (Å²) < 4.78 is 7.67. The average Bonchev–Trinajstić information content (AvgIpc) is 3.59. The molecule has 0 saturated carbocycles. The summed E-state index contributed by atoms with van der Waals surface area (Å²) >= 11 is 0. The van der Waals surface area contributed by atoms with Crippen molar-refractivity contribution in [3.05, 3.63) is 66.6 Å². The molecule has 192 valence electrons. The molecule has 10 nitrogen and oxygen atoms in total. The van der Waals surface area contributed by atoms with Gasteiger partial charge in [-0.25, -0.2) is 9.50 Å². The first kappa shape index (κ1) is 22.6. The van der Waals surface area contributed by atoms with Crippen molar-refractivity contribution < 1.29 is 9.53 Å². The first-order valence-corrected chi connectivity index (χ1v) is 13.0. The van der Waals surface area contributed by atoms with Crippen LogP contribution < -0.4 is 20.3 Å². The molecule has 10 heteroatoms. The Morgan fingerprint density at radius 1 is 1.13 bits per heavy atom. The quantitative estimate of drug-likeness (QED) is 0.360. The topological polar surface area (TPSA) is 118 Å². The van der Waals surface area contributed by atoms with Crippen LogP contribution in [-0.2, 0) is 0 Å². The molecular weight excluding hydrogens is 480 g/mol. The third-order valence-electron chi connectivity index (χ3n) is 7.73. The van der Waals surface area contributed by atoms with Crippen LogP contribution in [0.3, 0.4) is 0 Å². The maximum absolute atomic E-state index is 12.0. The lowest BCUT2D eigenvalue weighted by atomic mass is 10.1. The first-order chi connectivity index (χ1) is 18.6. The van der Waals surface area contributed by atoms with E-state index in [1.165, 1.54) is 0 Å². The zero-order chi connectivity index (χ0) is 25.8. The Bertz CT molecular complexity index is 1640. The molecule has 7 rings (SSSR count). The van der Waals surface area contributed by atoms with Gasteiger partial charge in [0.15, 0.2) is 5.65 Å². The smallest absolute Gasteiger partial charge is 0.250 e. The van der Waals surface area contributed by atoms with Gasteiger partial charge in [-0.05, 0) is 50.1 Å². The molecule has 1 amide bonds. The van der Waals surface area contributed by atoms with Gasteiger partial charge in [-0.3, -0.25) is 9.89 Å². The number of benzene rings is 1. The predicted molar refractivity (Wildman–Crippen MR) is 146 cm³/mol. The number of amides is 1. The molecule has 6 heterocycles. The summed E-state index contributed by atoms with van der Waals surface area (Å²) in [7, 11) is 0. The van der Waals surface area contributed by atoms with Crippen LogP contribution in [0.4, 0.5) is 11.5 Å². The minimum Gasteiger partial charge on any atom is -0.492 e. The number of primary amides is 1. The number of piperazine rings is 1. The third-order valence-corrected chi connectivity index (χ3v) is 7.73. The number of nitrogens with zero attached hydrogens (tertiary/aromatic N) is 6. The lowest BCUT2D eigenvalue weighted by Gasteiger charge is -2.43. The first-order valence-electron chi connectivity index (χ1n) is 13.0. The van der Waals surface area contributed by atoms with Crippen LogP contribution in [0.2, 0.25) is 0 Å². The number of hydrogen-bond acceptors (Lipinski definition) is 7. The molecule has 2 saturated heterocycles. The van der Waals surface area contributed by atoms with Crippen molar-refractivity contribution in [2.24, 2.45) is 5.73 Å². The van der Waals surface area contributed by atoms with Crippen LogP contribution >= 0.6 is 0 Å². The third kappa shape index (κ3) is 3.55. The molecular formula is C28H28N8O2. The maximum Gasteiger partial charge on any atom is 0.250 e. The molecule has 2 bridgehead atoms. The normalized spacial score (nSPS) is 19.0. The van der Waals surface area contributed by atoms with Crippen molar-refractivity contribution in [2.45, 2.75) is 31.8 Å². The van der Waals surface area contributed by atoms with Gasteiger partial charge in [-0.2, -0.15) is 5.10 Å². The second-order valence-electron chi connectivity index (χ2n) is 9.93. The van der Waals surface area contributed by atoms with E-state index in [0.29, 0.717) is 24.3 Å². The molecule has 0 radical (unpaired) electrons. The number of hydrogen-bond donors (Lipinski definition) is 2. The molecule has 2 atom stereocenters. The maximum atomic E-state index is 12.0. The van der Waals surface area contributed by atoms with Gasteiger partial charge in [-0.15, -0.1) is 5.10 Å². The van der Waals surface area contributed by atoms with Crippen LogP contribution in [0.5, 0.6) is 5.75 Å². The lowest BCUT2D eigenvalue weighted by Crippen LogP contribution is -2.54. The van der Waals surface area contributed by atoms with Gasteiger partial charge >= 0.3 is 0 Å². The SMILES string of the molecule is CCOc1cc(-c2ccc(N3[C@@H]4CC[C@H]3CN(c3ccccc3C(N)=O)C4)nc2)c2c3cn[nH]c3nn2c1. The Hall–Kier alpha value is -4.60. The van der Waals surface area contributed by atoms with Gasteiger partial charge in [0.1, 0.15) is 11.6 Å². The largest absolute Gasteiger partial charge is 0.492 e. The zero-order valence-electron chi connectivity index (χ0n) is 21.0. The molecule has 0 aliphatic carbocycles. The van der Waals surface area contributed by atoms with Crippen molar-refractivity contribution in [3.8, 4) is 16.9 Å². The van der Waals surface area contributed by atoms with Gasteiger partial charge in [0, 0.05) is 48.2 Å². The molecule has 2 aliphatic heterocycles. The van der Waals surface area contributed by atoms with Gasteiger partial charge in [0.05, 0.1) is 35.5 Å². The fourth-order valence-electron chi connectivity index (χ4n) is 6.14. The number of fused-ring (bicyclic) bond motifs is 5. The zero-order valence-corrected chi connectivity index (χ0v) is 21.0. The summed E-state index contributed by atoms with van der Waals surface area (Å²) in [6, 6.07) is 14.5. The van der Waals surface area contributed by atoms with E-state index in [1.54, 1.807) is 6.20 Å². The fourth-order valence-corrected chi connectivity index (χ4v) is 6.14. The van der Waals surface area contributed by atoms with E-state index in [1.807, 2.05) is 54.2 Å². The number of anilines is 2. The number of nitrogens with two attached hydrogens (primary N) is 1. The standard InChI is InChI=1S/C28H28N8O2/c1-2-38-20-11-22(26-23-13-31-32-28(23)33-35(26)16-20)17-7-10-25(30-12-17)36-18-8-9-19(36)15-34(14-18)24-6-4-3-5-21(24)27(29)37/h3-7,10-13,16,18-19H,2,8-9,14-15H2,1H3,(H2,29,37)(H,32,33)/t18-,19+. The predicted octanol–water partition coefficient (Wildman–Crippen LogP) is 3.63. The highest BCUT2D eigenvalue weighted by atomic mass is 16.5. The highest BCUT2D eigenvalue weighted by Gasteiger charge is 2.41. The van der Waals surface area contributed by atoms with Crippen molar-refractivity contribution in [2.75, 3.05) is 29.5 Å². The van der Waals surface area contributed by atoms with Crippen LogP contribution in [0, 0.1) is 0 Å². The Kier molecular flexibility index (Phi) is 5.20. The molecule has 1 aromatic carbocycles. The van der Waals surface area contributed by atoms with Gasteiger partial charge < -0.3 is 20.3 Å². The van der Waals surface area contributed by atoms with E-state index < -0.39 is 0 Å². The summed E-state index contributed by atoms with van der Waals surface area (Å²) in [5.74, 6) is 1.34. The van der Waals surface area contributed by atoms with Gasteiger partial charge in [0.2, 0.25) is 0 Å². The summed E-state index contributed by atoms with van der Waals surface area (Å²) in [5.41, 5.74) is 10.8. The second-order valence-corrected chi connectivity index (χ2v) is 9.93. The number of nitrogens with one attached hydrogen (secondary N) is 1. The Labute approximate surface area is 219 Å². The van der Waals surface area contributed by atoms with E-state index in [4.69, 9.17) is 15.5 Å². The van der Waals surface area contributed by atoms with E-state index in [9.17, 15) is 4.79 Å². The summed E-state index contributed by atoms with van der Waals surface area (Å²) in [5, 5.41) is 12.7. The second kappa shape index (κ2) is 8.76. The Balaban J connectivity index is 1.20. The van der Waals surface area contributed by atoms with Crippen LogP contribution in [0.25, 0.3) is 27.7 Å². The number of rotatable bonds is 6. The summed E-state index contributed by atoms with van der Waals surface area (Å²) in [6.45, 7) is 4.20. The highest BCUT2D eigenvalue weighted by Crippen LogP contribution is 2.38. The van der Waals surface area contributed by atoms with Crippen molar-refractivity contribution in [1.82, 2.24) is 24.8 Å². The summed E-state index contributed by atoms with van der Waals surface area (Å²) in [4.78, 5) is 21.7. The van der Waals surface area contributed by atoms with Crippen LogP contribution in [0.1, 0.15) is 30.1 Å². The lowest BCUT2D eigenvalue weighted by molar-refractivity contribution is 0.100. The molecule has 38 heavy (non-hydrogen) atoms. The minimum atomic E-state index is -0.388. The molecule has 0 unspecified atom stereocenters. The molecule has 2 fully saturated rings. The number of carbonyl (C=O) groups excluding carboxylic acids is 1. The fraction of sp³-hybridized carbons (Fsp3) is 0.286. The van der Waals surface area contributed by atoms with Crippen molar-refractivity contribution in [1.29, 1.82) is 0 Å². The average molecular weight is 509 g/mol. The monoisotopic (exact) mass is 508 g/mol. The molecule has 2 aliphatic rings. The number of aromatic nitrogens is 5. The van der Waals surface area contributed by atoms with Gasteiger partial charge in [-0.1, -0.05) is 12.1 Å². The number of aromatic amines is 1. The number of carbonyl (C=O) groups is 1.